The molecule has 0 aliphatic carbocycles. The van der Waals surface area contributed by atoms with Crippen molar-refractivity contribution in [1.82, 2.24) is 19.8 Å². The number of fused-ring (bicyclic) bond motifs is 2. The lowest BCUT2D eigenvalue weighted by Crippen LogP contribution is -2.24. The summed E-state index contributed by atoms with van der Waals surface area (Å²) in [5, 5.41) is 2.37. The zero-order valence-electron chi connectivity index (χ0n) is 21.6. The van der Waals surface area contributed by atoms with Gasteiger partial charge in [0.1, 0.15) is 0 Å². The normalized spacial score (nSPS) is 12.5. The van der Waals surface area contributed by atoms with Gasteiger partial charge in [-0.1, -0.05) is 6.07 Å². The van der Waals surface area contributed by atoms with Gasteiger partial charge in [0, 0.05) is 60.3 Å². The predicted molar refractivity (Wildman–Crippen MR) is 147 cm³/mol. The lowest BCUT2D eigenvalue weighted by molar-refractivity contribution is 0.414. The second-order valence-electron chi connectivity index (χ2n) is 10.0. The lowest BCUT2D eigenvalue weighted by Gasteiger charge is -2.17. The van der Waals surface area contributed by atoms with Gasteiger partial charge in [-0.15, -0.1) is 0 Å². The highest BCUT2D eigenvalue weighted by atomic mass is 32.2. The standard InChI is InChI=1S/C27H37N5O2S/c1-30(2)13-11-20-18-28-25-9-7-19(15-23(20)25)16-27-22(12-14-31(3)4)24-17-21(8-10-26(24)29-27)32(5)35(6,33)34/h7-10,15,17-18,28-29H,11-14,16H2,1-6H3. The second kappa shape index (κ2) is 10.0. The van der Waals surface area contributed by atoms with E-state index in [1.165, 1.54) is 43.8 Å². The van der Waals surface area contributed by atoms with E-state index in [1.807, 2.05) is 18.2 Å². The van der Waals surface area contributed by atoms with Crippen molar-refractivity contribution in [1.29, 1.82) is 0 Å². The van der Waals surface area contributed by atoms with Gasteiger partial charge in [0.2, 0.25) is 10.0 Å². The molecule has 0 amide bonds. The highest BCUT2D eigenvalue weighted by molar-refractivity contribution is 7.92. The van der Waals surface area contributed by atoms with E-state index in [9.17, 15) is 8.42 Å². The highest BCUT2D eigenvalue weighted by Crippen LogP contribution is 2.30. The number of benzene rings is 2. The van der Waals surface area contributed by atoms with E-state index in [2.05, 4.69) is 72.4 Å². The summed E-state index contributed by atoms with van der Waals surface area (Å²) in [7, 11) is 6.63. The number of anilines is 1. The average molecular weight is 496 g/mol. The Balaban J connectivity index is 1.72. The van der Waals surface area contributed by atoms with Gasteiger partial charge in [0.15, 0.2) is 0 Å². The zero-order chi connectivity index (χ0) is 25.3. The Morgan fingerprint density at radius 3 is 2.20 bits per heavy atom. The van der Waals surface area contributed by atoms with Gasteiger partial charge in [-0.05, 0) is 88.1 Å². The molecule has 0 spiro atoms. The van der Waals surface area contributed by atoms with Crippen molar-refractivity contribution in [2.75, 3.05) is 58.9 Å². The third-order valence-corrected chi connectivity index (χ3v) is 7.90. The molecular formula is C27H37N5O2S. The van der Waals surface area contributed by atoms with Crippen LogP contribution in [-0.4, -0.2) is 82.8 Å². The van der Waals surface area contributed by atoms with Crippen molar-refractivity contribution in [3.8, 4) is 0 Å². The van der Waals surface area contributed by atoms with Crippen molar-refractivity contribution in [3.63, 3.8) is 0 Å². The minimum atomic E-state index is -3.33. The Kier molecular flexibility index (Phi) is 7.26. The first kappa shape index (κ1) is 25.3. The number of hydrogen-bond acceptors (Lipinski definition) is 4. The van der Waals surface area contributed by atoms with Gasteiger partial charge < -0.3 is 19.8 Å². The third-order valence-electron chi connectivity index (χ3n) is 6.69. The van der Waals surface area contributed by atoms with Gasteiger partial charge >= 0.3 is 0 Å². The largest absolute Gasteiger partial charge is 0.361 e. The van der Waals surface area contributed by atoms with Crippen LogP contribution >= 0.6 is 0 Å². The number of hydrogen-bond donors (Lipinski definition) is 2. The molecule has 0 bridgehead atoms. The molecule has 0 aliphatic heterocycles. The van der Waals surface area contributed by atoms with Gasteiger partial charge in [-0.3, -0.25) is 4.31 Å². The summed E-state index contributed by atoms with van der Waals surface area (Å²) >= 11 is 0. The molecule has 0 saturated heterocycles. The van der Waals surface area contributed by atoms with Crippen LogP contribution in [0.1, 0.15) is 22.4 Å². The highest BCUT2D eigenvalue weighted by Gasteiger charge is 2.17. The number of aromatic amines is 2. The Hall–Kier alpha value is -2.81. The maximum Gasteiger partial charge on any atom is 0.231 e. The molecule has 0 atom stereocenters. The molecule has 2 aromatic carbocycles. The van der Waals surface area contributed by atoms with Crippen molar-refractivity contribution in [3.05, 3.63) is 65.0 Å². The predicted octanol–water partition coefficient (Wildman–Crippen LogP) is 3.84. The van der Waals surface area contributed by atoms with Gasteiger partial charge in [0.25, 0.3) is 0 Å². The summed E-state index contributed by atoms with van der Waals surface area (Å²) in [6, 6.07) is 12.5. The Morgan fingerprint density at radius 1 is 0.829 bits per heavy atom. The van der Waals surface area contributed by atoms with Crippen LogP contribution < -0.4 is 4.31 Å². The number of nitrogens with one attached hydrogen (secondary N) is 2. The van der Waals surface area contributed by atoms with Gasteiger partial charge in [0.05, 0.1) is 11.9 Å². The number of rotatable bonds is 10. The summed E-state index contributed by atoms with van der Waals surface area (Å²) in [6.45, 7) is 1.93. The summed E-state index contributed by atoms with van der Waals surface area (Å²) in [4.78, 5) is 11.4. The molecule has 4 aromatic rings. The number of H-pyrrole nitrogens is 2. The monoisotopic (exact) mass is 495 g/mol. The third kappa shape index (κ3) is 5.72. The molecule has 0 saturated carbocycles. The minimum absolute atomic E-state index is 0.677. The van der Waals surface area contributed by atoms with Gasteiger partial charge in [-0.25, -0.2) is 8.42 Å². The fraction of sp³-hybridized carbons (Fsp3) is 0.407. The Morgan fingerprint density at radius 2 is 1.51 bits per heavy atom. The Labute approximate surface area is 208 Å². The molecule has 188 valence electrons. The van der Waals surface area contributed by atoms with Crippen molar-refractivity contribution in [2.45, 2.75) is 19.3 Å². The van der Waals surface area contributed by atoms with Crippen molar-refractivity contribution < 1.29 is 8.42 Å². The first-order valence-corrected chi connectivity index (χ1v) is 13.8. The van der Waals surface area contributed by atoms with Gasteiger partial charge in [-0.2, -0.15) is 0 Å². The Bertz CT molecular complexity index is 1430. The molecule has 4 rings (SSSR count). The van der Waals surface area contributed by atoms with Crippen LogP contribution in [0.25, 0.3) is 21.8 Å². The van der Waals surface area contributed by atoms with E-state index < -0.39 is 10.0 Å². The van der Waals surface area contributed by atoms with Crippen LogP contribution in [-0.2, 0) is 29.3 Å². The van der Waals surface area contributed by atoms with E-state index in [1.54, 1.807) is 7.05 Å². The molecular weight excluding hydrogens is 458 g/mol. The molecule has 2 heterocycles. The molecule has 0 unspecified atom stereocenters. The summed E-state index contributed by atoms with van der Waals surface area (Å²) in [6.07, 6.45) is 6.05. The van der Waals surface area contributed by atoms with Crippen LogP contribution in [0, 0.1) is 0 Å². The fourth-order valence-electron chi connectivity index (χ4n) is 4.54. The van der Waals surface area contributed by atoms with Crippen LogP contribution in [0.2, 0.25) is 0 Å². The van der Waals surface area contributed by atoms with Crippen molar-refractivity contribution in [2.24, 2.45) is 0 Å². The maximum absolute atomic E-state index is 12.1. The first-order chi connectivity index (χ1) is 16.5. The zero-order valence-corrected chi connectivity index (χ0v) is 22.5. The lowest BCUT2D eigenvalue weighted by atomic mass is 10.00. The number of likely N-dealkylation sites (N-methyl/N-ethyl adjacent to an activating group) is 2. The molecule has 2 N–H and O–H groups in total. The van der Waals surface area contributed by atoms with E-state index >= 15 is 0 Å². The molecule has 35 heavy (non-hydrogen) atoms. The van der Waals surface area contributed by atoms with Crippen LogP contribution in [0.4, 0.5) is 5.69 Å². The van der Waals surface area contributed by atoms with Crippen LogP contribution in [0.3, 0.4) is 0 Å². The van der Waals surface area contributed by atoms with E-state index in [4.69, 9.17) is 0 Å². The van der Waals surface area contributed by atoms with Crippen molar-refractivity contribution >= 4 is 37.5 Å². The van der Waals surface area contributed by atoms with Crippen LogP contribution in [0.15, 0.2) is 42.6 Å². The van der Waals surface area contributed by atoms with E-state index in [0.717, 1.165) is 43.3 Å². The topological polar surface area (TPSA) is 75.4 Å². The SMILES string of the molecule is CN(C)CCc1c[nH]c2ccc(Cc3[nH]c4ccc(N(C)S(C)(=O)=O)cc4c3CCN(C)C)cc12. The number of nitrogens with zero attached hydrogens (tertiary/aromatic N) is 3. The van der Waals surface area contributed by atoms with E-state index in [0.29, 0.717) is 5.69 Å². The quantitative estimate of drug-likeness (QED) is 0.351. The second-order valence-corrected chi connectivity index (χ2v) is 12.0. The fourth-order valence-corrected chi connectivity index (χ4v) is 5.04. The molecule has 0 fully saturated rings. The van der Waals surface area contributed by atoms with E-state index in [-0.39, 0.29) is 0 Å². The molecule has 0 aliphatic rings. The first-order valence-electron chi connectivity index (χ1n) is 12.0. The molecule has 0 radical (unpaired) electrons. The molecule has 8 heteroatoms. The summed E-state index contributed by atoms with van der Waals surface area (Å²) in [5.41, 5.74) is 7.91. The number of sulfonamides is 1. The molecule has 7 nitrogen and oxygen atoms in total. The summed E-state index contributed by atoms with van der Waals surface area (Å²) in [5.74, 6) is 0. The average Bonchev–Trinajstić information content (AvgIpc) is 3.34. The molecule has 2 aromatic heterocycles. The van der Waals surface area contributed by atoms with Crippen LogP contribution in [0.5, 0.6) is 0 Å². The number of aromatic nitrogens is 2. The smallest absolute Gasteiger partial charge is 0.231 e. The minimum Gasteiger partial charge on any atom is -0.361 e. The summed E-state index contributed by atoms with van der Waals surface area (Å²) < 4.78 is 25.6. The maximum atomic E-state index is 12.1.